The van der Waals surface area contributed by atoms with Crippen LogP contribution < -0.4 is 19.7 Å². The van der Waals surface area contributed by atoms with E-state index in [4.69, 9.17) is 9.47 Å². The number of quaternary nitrogens is 1. The number of carbonyl (C=O) groups excluding carboxylic acids is 1. The van der Waals surface area contributed by atoms with Crippen LogP contribution in [0.1, 0.15) is 31.7 Å². The Labute approximate surface area is 167 Å². The lowest BCUT2D eigenvalue weighted by Gasteiger charge is -2.14. The molecule has 1 saturated heterocycles. The lowest BCUT2D eigenvalue weighted by molar-refractivity contribution is -0.901. The number of benzene rings is 2. The van der Waals surface area contributed by atoms with Crippen molar-refractivity contribution in [1.29, 1.82) is 0 Å². The van der Waals surface area contributed by atoms with E-state index in [1.54, 1.807) is 0 Å². The Morgan fingerprint density at radius 3 is 2.54 bits per heavy atom. The van der Waals surface area contributed by atoms with Gasteiger partial charge in [-0.25, -0.2) is 0 Å². The summed E-state index contributed by atoms with van der Waals surface area (Å²) >= 11 is 0. The molecular weight excluding hydrogens is 352 g/mol. The number of nitrogens with one attached hydrogen (secondary N) is 2. The molecule has 5 heteroatoms. The minimum absolute atomic E-state index is 0.118. The smallest absolute Gasteiger partial charge is 0.220 e. The van der Waals surface area contributed by atoms with Crippen molar-refractivity contribution < 1.29 is 19.2 Å². The highest BCUT2D eigenvalue weighted by molar-refractivity contribution is 5.76. The van der Waals surface area contributed by atoms with E-state index in [-0.39, 0.29) is 11.9 Å². The monoisotopic (exact) mass is 383 g/mol. The minimum Gasteiger partial charge on any atom is -0.490 e. The first-order valence-electron chi connectivity index (χ1n) is 10.3. The van der Waals surface area contributed by atoms with Crippen LogP contribution in [0.2, 0.25) is 0 Å². The fraction of sp³-hybridized carbons (Fsp3) is 0.435. The van der Waals surface area contributed by atoms with Gasteiger partial charge in [-0.2, -0.15) is 0 Å². The SMILES string of the molecule is CCOc1ccccc1OCCCC(=O)N[C@@H]1CC[NH+](Cc2ccccc2)C1. The molecule has 2 aromatic carbocycles. The zero-order chi connectivity index (χ0) is 19.6. The molecule has 1 amide bonds. The van der Waals surface area contributed by atoms with Gasteiger partial charge in [-0.3, -0.25) is 4.79 Å². The number of amides is 1. The molecule has 1 unspecified atom stereocenters. The van der Waals surface area contributed by atoms with Gasteiger partial charge < -0.3 is 19.7 Å². The summed E-state index contributed by atoms with van der Waals surface area (Å²) in [7, 11) is 0. The Kier molecular flexibility index (Phi) is 7.73. The molecule has 2 N–H and O–H groups in total. The van der Waals surface area contributed by atoms with E-state index in [9.17, 15) is 4.79 Å². The van der Waals surface area contributed by atoms with E-state index in [0.29, 0.717) is 26.1 Å². The molecule has 1 fully saturated rings. The van der Waals surface area contributed by atoms with Crippen LogP contribution in [0.4, 0.5) is 0 Å². The van der Waals surface area contributed by atoms with E-state index in [1.165, 1.54) is 10.5 Å². The highest BCUT2D eigenvalue weighted by atomic mass is 16.5. The van der Waals surface area contributed by atoms with Crippen LogP contribution in [0.5, 0.6) is 11.5 Å². The maximum atomic E-state index is 12.2. The summed E-state index contributed by atoms with van der Waals surface area (Å²) in [6, 6.07) is 18.5. The lowest BCUT2D eigenvalue weighted by atomic mass is 10.2. The van der Waals surface area contributed by atoms with Crippen molar-refractivity contribution >= 4 is 5.91 Å². The zero-order valence-electron chi connectivity index (χ0n) is 16.7. The van der Waals surface area contributed by atoms with Gasteiger partial charge in [0, 0.05) is 18.4 Å². The second kappa shape index (κ2) is 10.7. The van der Waals surface area contributed by atoms with Crippen LogP contribution in [0.3, 0.4) is 0 Å². The van der Waals surface area contributed by atoms with E-state index in [1.807, 2.05) is 37.3 Å². The molecule has 2 atom stereocenters. The van der Waals surface area contributed by atoms with Crippen LogP contribution in [0, 0.1) is 0 Å². The first kappa shape index (κ1) is 20.2. The van der Waals surface area contributed by atoms with Crippen LogP contribution in [-0.2, 0) is 11.3 Å². The van der Waals surface area contributed by atoms with Crippen molar-refractivity contribution in [2.45, 2.75) is 38.8 Å². The molecule has 150 valence electrons. The molecule has 0 radical (unpaired) electrons. The fourth-order valence-electron chi connectivity index (χ4n) is 3.66. The average Bonchev–Trinajstić information content (AvgIpc) is 3.14. The minimum atomic E-state index is 0.118. The predicted molar refractivity (Wildman–Crippen MR) is 110 cm³/mol. The lowest BCUT2D eigenvalue weighted by Crippen LogP contribution is -3.09. The first-order valence-corrected chi connectivity index (χ1v) is 10.3. The van der Waals surface area contributed by atoms with Crippen molar-refractivity contribution in [2.75, 3.05) is 26.3 Å². The second-order valence-electron chi connectivity index (χ2n) is 7.25. The van der Waals surface area contributed by atoms with Gasteiger partial charge >= 0.3 is 0 Å². The molecular formula is C23H31N2O3+. The van der Waals surface area contributed by atoms with Gasteiger partial charge in [0.15, 0.2) is 11.5 Å². The third-order valence-electron chi connectivity index (χ3n) is 5.00. The fourth-order valence-corrected chi connectivity index (χ4v) is 3.66. The molecule has 1 aliphatic heterocycles. The van der Waals surface area contributed by atoms with Gasteiger partial charge in [0.05, 0.1) is 32.3 Å². The van der Waals surface area contributed by atoms with E-state index in [0.717, 1.165) is 37.6 Å². The number of likely N-dealkylation sites (tertiary alicyclic amines) is 1. The van der Waals surface area contributed by atoms with E-state index >= 15 is 0 Å². The largest absolute Gasteiger partial charge is 0.490 e. The van der Waals surface area contributed by atoms with Crippen LogP contribution in [0.15, 0.2) is 54.6 Å². The molecule has 5 nitrogen and oxygen atoms in total. The first-order chi connectivity index (χ1) is 13.7. The third kappa shape index (κ3) is 6.27. The highest BCUT2D eigenvalue weighted by Crippen LogP contribution is 2.26. The molecule has 0 aliphatic carbocycles. The predicted octanol–water partition coefficient (Wildman–Crippen LogP) is 2.22. The Hall–Kier alpha value is -2.53. The summed E-state index contributed by atoms with van der Waals surface area (Å²) in [6.45, 7) is 6.20. The Bertz CT molecular complexity index is 736. The molecule has 0 spiro atoms. The highest BCUT2D eigenvalue weighted by Gasteiger charge is 2.27. The van der Waals surface area contributed by atoms with Gasteiger partial charge in [-0.05, 0) is 25.5 Å². The topological polar surface area (TPSA) is 52.0 Å². The van der Waals surface area contributed by atoms with Gasteiger partial charge in [0.2, 0.25) is 5.91 Å². The average molecular weight is 384 g/mol. The number of rotatable bonds is 10. The van der Waals surface area contributed by atoms with Crippen molar-refractivity contribution in [1.82, 2.24) is 5.32 Å². The molecule has 0 bridgehead atoms. The zero-order valence-corrected chi connectivity index (χ0v) is 16.7. The Balaban J connectivity index is 1.33. The quantitative estimate of drug-likeness (QED) is 0.619. The van der Waals surface area contributed by atoms with E-state index < -0.39 is 0 Å². The van der Waals surface area contributed by atoms with Crippen molar-refractivity contribution in [2.24, 2.45) is 0 Å². The summed E-state index contributed by atoms with van der Waals surface area (Å²) in [5.74, 6) is 1.61. The van der Waals surface area contributed by atoms with E-state index in [2.05, 4.69) is 29.6 Å². The van der Waals surface area contributed by atoms with Crippen molar-refractivity contribution in [3.8, 4) is 11.5 Å². The third-order valence-corrected chi connectivity index (χ3v) is 5.00. The number of para-hydroxylation sites is 2. The van der Waals surface area contributed by atoms with Crippen molar-refractivity contribution in [3.63, 3.8) is 0 Å². The number of hydrogen-bond acceptors (Lipinski definition) is 3. The van der Waals surface area contributed by atoms with Gasteiger partial charge in [-0.1, -0.05) is 42.5 Å². The molecule has 1 aliphatic rings. The normalized spacial score (nSPS) is 18.6. The number of carbonyl (C=O) groups is 1. The van der Waals surface area contributed by atoms with Crippen LogP contribution in [-0.4, -0.2) is 38.3 Å². The molecule has 1 heterocycles. The molecule has 28 heavy (non-hydrogen) atoms. The Morgan fingerprint density at radius 1 is 1.07 bits per heavy atom. The summed E-state index contributed by atoms with van der Waals surface area (Å²) in [5, 5.41) is 3.18. The summed E-state index contributed by atoms with van der Waals surface area (Å²) in [5.41, 5.74) is 1.36. The maximum absolute atomic E-state index is 12.2. The molecule has 0 aromatic heterocycles. The number of hydrogen-bond donors (Lipinski definition) is 2. The van der Waals surface area contributed by atoms with Crippen molar-refractivity contribution in [3.05, 3.63) is 60.2 Å². The van der Waals surface area contributed by atoms with Gasteiger partial charge in [-0.15, -0.1) is 0 Å². The second-order valence-corrected chi connectivity index (χ2v) is 7.25. The molecule has 0 saturated carbocycles. The number of ether oxygens (including phenoxy) is 2. The molecule has 2 aromatic rings. The van der Waals surface area contributed by atoms with Crippen LogP contribution >= 0.6 is 0 Å². The standard InChI is InChI=1S/C23H30N2O3/c1-2-27-21-11-6-7-12-22(21)28-16-8-13-23(26)24-20-14-15-25(18-20)17-19-9-4-3-5-10-19/h3-7,9-12,20H,2,8,13-18H2,1H3,(H,24,26)/p+1/t20-/m1/s1. The van der Waals surface area contributed by atoms with Gasteiger partial charge in [0.25, 0.3) is 0 Å². The summed E-state index contributed by atoms with van der Waals surface area (Å²) in [4.78, 5) is 13.8. The van der Waals surface area contributed by atoms with Crippen LogP contribution in [0.25, 0.3) is 0 Å². The summed E-state index contributed by atoms with van der Waals surface area (Å²) < 4.78 is 11.3. The maximum Gasteiger partial charge on any atom is 0.220 e. The molecule has 3 rings (SSSR count). The summed E-state index contributed by atoms with van der Waals surface area (Å²) in [6.07, 6.45) is 2.23. The Morgan fingerprint density at radius 2 is 1.79 bits per heavy atom. The van der Waals surface area contributed by atoms with Gasteiger partial charge in [0.1, 0.15) is 6.54 Å².